The molecule has 1 N–H and O–H groups in total. The largest absolute Gasteiger partial charge is 0.492 e. The molecule has 3 heterocycles. The van der Waals surface area contributed by atoms with Crippen LogP contribution in [-0.2, 0) is 16.1 Å². The van der Waals surface area contributed by atoms with Gasteiger partial charge in [0.05, 0.1) is 0 Å². The number of hydrogen-bond acceptors (Lipinski definition) is 5. The summed E-state index contributed by atoms with van der Waals surface area (Å²) in [4.78, 5) is 40.7. The molecule has 0 spiro atoms. The van der Waals surface area contributed by atoms with Crippen molar-refractivity contribution in [2.45, 2.75) is 70.5 Å². The first-order valence-corrected chi connectivity index (χ1v) is 12.1. The number of carbonyl (C=O) groups excluding carboxylic acids is 3. The van der Waals surface area contributed by atoms with Crippen molar-refractivity contribution < 1.29 is 19.1 Å². The van der Waals surface area contributed by atoms with E-state index in [0.29, 0.717) is 31.2 Å². The quantitative estimate of drug-likeness (QED) is 0.690. The highest BCUT2D eigenvalue weighted by molar-refractivity contribution is 6.05. The van der Waals surface area contributed by atoms with Crippen molar-refractivity contribution in [2.75, 3.05) is 19.7 Å². The van der Waals surface area contributed by atoms with Crippen molar-refractivity contribution in [3.05, 3.63) is 29.3 Å². The number of fused-ring (bicyclic) bond motifs is 1. The Hall–Kier alpha value is -2.41. The average Bonchev–Trinajstić information content (AvgIpc) is 3.07. The molecular weight excluding hydrogens is 406 g/mol. The fraction of sp³-hybridized carbons (Fsp3) is 0.640. The Morgan fingerprint density at radius 2 is 1.97 bits per heavy atom. The Morgan fingerprint density at radius 3 is 2.75 bits per heavy atom. The predicted octanol–water partition coefficient (Wildman–Crippen LogP) is 2.73. The normalized spacial score (nSPS) is 30.7. The van der Waals surface area contributed by atoms with Gasteiger partial charge in [-0.2, -0.15) is 0 Å². The molecule has 1 aromatic carbocycles. The first-order chi connectivity index (χ1) is 15.5. The summed E-state index contributed by atoms with van der Waals surface area (Å²) >= 11 is 0. The van der Waals surface area contributed by atoms with Crippen molar-refractivity contribution in [3.63, 3.8) is 0 Å². The number of nitrogens with zero attached hydrogens (tertiary/aromatic N) is 2. The van der Waals surface area contributed by atoms with Gasteiger partial charge < -0.3 is 9.64 Å². The summed E-state index contributed by atoms with van der Waals surface area (Å²) < 4.78 is 6.21. The molecule has 0 bridgehead atoms. The van der Waals surface area contributed by atoms with Gasteiger partial charge in [0.1, 0.15) is 18.4 Å². The van der Waals surface area contributed by atoms with E-state index in [1.54, 1.807) is 4.90 Å². The molecule has 5 rings (SSSR count). The molecule has 172 valence electrons. The molecule has 7 nitrogen and oxygen atoms in total. The van der Waals surface area contributed by atoms with Gasteiger partial charge in [-0.3, -0.25) is 24.6 Å². The lowest BCUT2D eigenvalue weighted by Gasteiger charge is -2.42. The summed E-state index contributed by atoms with van der Waals surface area (Å²) in [7, 11) is 0. The Kier molecular flexibility index (Phi) is 5.93. The Bertz CT molecular complexity index is 910. The third-order valence-corrected chi connectivity index (χ3v) is 7.65. The van der Waals surface area contributed by atoms with Crippen LogP contribution in [0, 0.1) is 11.8 Å². The molecule has 0 radical (unpaired) electrons. The zero-order chi connectivity index (χ0) is 22.2. The van der Waals surface area contributed by atoms with E-state index in [1.807, 2.05) is 18.2 Å². The van der Waals surface area contributed by atoms with E-state index < -0.39 is 6.04 Å². The van der Waals surface area contributed by atoms with Gasteiger partial charge in [0, 0.05) is 31.1 Å². The minimum atomic E-state index is -0.581. The van der Waals surface area contributed by atoms with Gasteiger partial charge in [-0.15, -0.1) is 0 Å². The molecular formula is C25H33N3O4. The number of piperidine rings is 2. The van der Waals surface area contributed by atoms with Crippen LogP contribution in [0.1, 0.15) is 67.8 Å². The average molecular weight is 440 g/mol. The van der Waals surface area contributed by atoms with E-state index in [2.05, 4.69) is 17.1 Å². The number of amides is 3. The van der Waals surface area contributed by atoms with Gasteiger partial charge in [-0.05, 0) is 74.2 Å². The maximum absolute atomic E-state index is 12.9. The minimum Gasteiger partial charge on any atom is -0.492 e. The summed E-state index contributed by atoms with van der Waals surface area (Å²) in [6.07, 6.45) is 7.06. The Morgan fingerprint density at radius 1 is 1.12 bits per heavy atom. The summed E-state index contributed by atoms with van der Waals surface area (Å²) in [5.41, 5.74) is 1.52. The second-order valence-corrected chi connectivity index (χ2v) is 10.1. The van der Waals surface area contributed by atoms with Gasteiger partial charge in [-0.25, -0.2) is 0 Å². The zero-order valence-corrected chi connectivity index (χ0v) is 18.8. The fourth-order valence-corrected chi connectivity index (χ4v) is 5.87. The standard InChI is InChI=1S/C25H33N3O4/c1-16-10-17(11-16)13-27-9-3-2-4-19(27)15-32-20-5-6-21-18(12-20)14-28(25(21)31)22-7-8-23(29)26-24(22)30/h5-6,12,16-17,19,22H,2-4,7-11,13-15H2,1H3,(H,26,29,30)/t16-,17-,19-,22?/m1/s1. The molecule has 1 aromatic rings. The van der Waals surface area contributed by atoms with Gasteiger partial charge in [-0.1, -0.05) is 13.3 Å². The Balaban J connectivity index is 1.20. The van der Waals surface area contributed by atoms with Gasteiger partial charge in [0.2, 0.25) is 11.8 Å². The van der Waals surface area contributed by atoms with E-state index in [9.17, 15) is 14.4 Å². The number of imide groups is 1. The Labute approximate surface area is 189 Å². The van der Waals surface area contributed by atoms with E-state index in [4.69, 9.17) is 4.74 Å². The fourth-order valence-electron chi connectivity index (χ4n) is 5.87. The van der Waals surface area contributed by atoms with E-state index >= 15 is 0 Å². The molecule has 0 aromatic heterocycles. The highest BCUT2D eigenvalue weighted by Gasteiger charge is 2.39. The van der Waals surface area contributed by atoms with Crippen LogP contribution >= 0.6 is 0 Å². The van der Waals surface area contributed by atoms with Crippen molar-refractivity contribution in [3.8, 4) is 5.75 Å². The second-order valence-electron chi connectivity index (χ2n) is 10.1. The maximum atomic E-state index is 12.9. The number of carbonyl (C=O) groups is 3. The van der Waals surface area contributed by atoms with Crippen LogP contribution in [-0.4, -0.2) is 59.3 Å². The number of benzene rings is 1. The molecule has 3 amide bonds. The third-order valence-electron chi connectivity index (χ3n) is 7.65. The summed E-state index contributed by atoms with van der Waals surface area (Å²) in [6.45, 7) is 5.75. The van der Waals surface area contributed by atoms with Crippen molar-refractivity contribution in [2.24, 2.45) is 11.8 Å². The number of likely N-dealkylation sites (tertiary alicyclic amines) is 1. The maximum Gasteiger partial charge on any atom is 0.255 e. The number of rotatable bonds is 6. The predicted molar refractivity (Wildman–Crippen MR) is 119 cm³/mol. The zero-order valence-electron chi connectivity index (χ0n) is 18.8. The van der Waals surface area contributed by atoms with E-state index in [-0.39, 0.29) is 24.1 Å². The molecule has 7 heteroatoms. The van der Waals surface area contributed by atoms with E-state index in [1.165, 1.54) is 45.2 Å². The third kappa shape index (κ3) is 4.27. The number of hydrogen-bond donors (Lipinski definition) is 1. The monoisotopic (exact) mass is 439 g/mol. The van der Waals surface area contributed by atoms with Gasteiger partial charge in [0.25, 0.3) is 5.91 Å². The smallest absolute Gasteiger partial charge is 0.255 e. The highest BCUT2D eigenvalue weighted by Crippen LogP contribution is 2.35. The van der Waals surface area contributed by atoms with Crippen LogP contribution in [0.4, 0.5) is 0 Å². The molecule has 32 heavy (non-hydrogen) atoms. The van der Waals surface area contributed by atoms with Crippen molar-refractivity contribution >= 4 is 17.7 Å². The van der Waals surface area contributed by atoms with Crippen LogP contribution < -0.4 is 10.1 Å². The lowest BCUT2D eigenvalue weighted by Crippen LogP contribution is -2.52. The van der Waals surface area contributed by atoms with Crippen LogP contribution in [0.25, 0.3) is 0 Å². The first kappa shape index (κ1) is 21.4. The minimum absolute atomic E-state index is 0.144. The topological polar surface area (TPSA) is 79.0 Å². The van der Waals surface area contributed by atoms with Crippen molar-refractivity contribution in [1.29, 1.82) is 0 Å². The number of nitrogens with one attached hydrogen (secondary N) is 1. The molecule has 3 aliphatic heterocycles. The molecule has 1 unspecified atom stereocenters. The van der Waals surface area contributed by atoms with Crippen molar-refractivity contribution in [1.82, 2.24) is 15.1 Å². The number of ether oxygens (including phenoxy) is 1. The SMILES string of the molecule is C[C@H]1C[C@H](CN2CCCC[C@@H]2COc2ccc3c(c2)CN(C2CCC(=O)NC2=O)C3=O)C1. The molecule has 1 aliphatic carbocycles. The highest BCUT2D eigenvalue weighted by atomic mass is 16.5. The summed E-state index contributed by atoms with van der Waals surface area (Å²) in [5.74, 6) is 1.72. The molecule has 2 atom stereocenters. The van der Waals surface area contributed by atoms with Crippen LogP contribution in [0.3, 0.4) is 0 Å². The van der Waals surface area contributed by atoms with Gasteiger partial charge in [0.15, 0.2) is 0 Å². The lowest BCUT2D eigenvalue weighted by atomic mass is 9.75. The first-order valence-electron chi connectivity index (χ1n) is 12.1. The molecule has 1 saturated carbocycles. The molecule has 4 aliphatic rings. The van der Waals surface area contributed by atoms with E-state index in [0.717, 1.165) is 23.1 Å². The summed E-state index contributed by atoms with van der Waals surface area (Å²) in [5, 5.41) is 2.35. The lowest BCUT2D eigenvalue weighted by molar-refractivity contribution is -0.136. The van der Waals surface area contributed by atoms with Crippen LogP contribution in [0.2, 0.25) is 0 Å². The second kappa shape index (κ2) is 8.85. The summed E-state index contributed by atoms with van der Waals surface area (Å²) in [6, 6.07) is 5.50. The van der Waals surface area contributed by atoms with Gasteiger partial charge >= 0.3 is 0 Å². The molecule has 3 fully saturated rings. The molecule has 2 saturated heterocycles. The van der Waals surface area contributed by atoms with Crippen LogP contribution in [0.5, 0.6) is 5.75 Å². The van der Waals surface area contributed by atoms with Crippen LogP contribution in [0.15, 0.2) is 18.2 Å².